The predicted molar refractivity (Wildman–Crippen MR) is 111 cm³/mol. The molecule has 0 saturated carbocycles. The van der Waals surface area contributed by atoms with Gasteiger partial charge in [-0.2, -0.15) is 0 Å². The Hall–Kier alpha value is -3.22. The number of aryl methyl sites for hydroxylation is 1. The maximum atomic E-state index is 13.4. The Kier molecular flexibility index (Phi) is 4.71. The molecule has 2 aliphatic rings. The Bertz CT molecular complexity index is 985. The van der Waals surface area contributed by atoms with Crippen LogP contribution in [0.3, 0.4) is 0 Å². The molecule has 3 aromatic rings. The number of imidazole rings is 1. The zero-order valence-electron chi connectivity index (χ0n) is 16.3. The van der Waals surface area contributed by atoms with E-state index in [4.69, 9.17) is 0 Å². The average Bonchev–Trinajstić information content (AvgIpc) is 3.33. The normalized spacial score (nSPS) is 19.1. The first-order chi connectivity index (χ1) is 14.3. The smallest absolute Gasteiger partial charge is 0.231 e. The molecule has 1 atom stereocenters. The fraction of sp³-hybridized carbons (Fsp3) is 0.364. The highest BCUT2D eigenvalue weighted by atomic mass is 16.2. The summed E-state index contributed by atoms with van der Waals surface area (Å²) in [5.41, 5.74) is 2.37. The third-order valence-corrected chi connectivity index (χ3v) is 5.88. The second kappa shape index (κ2) is 7.66. The minimum atomic E-state index is -0.00923. The number of rotatable bonds is 3. The van der Waals surface area contributed by atoms with Crippen molar-refractivity contribution in [1.29, 1.82) is 0 Å². The number of hydrogen-bond donors (Lipinski definition) is 0. The SMILES string of the molecule is O=C(C1CCCN(c2ccc(-n3ccnc3)nn2)C1)N1CCCc2ccccc21. The molecule has 5 rings (SSSR count). The van der Waals surface area contributed by atoms with Crippen LogP contribution in [0.1, 0.15) is 24.8 Å². The summed E-state index contributed by atoms with van der Waals surface area (Å²) in [6.07, 6.45) is 9.25. The van der Waals surface area contributed by atoms with Crippen molar-refractivity contribution in [1.82, 2.24) is 19.7 Å². The molecule has 2 aromatic heterocycles. The molecule has 7 nitrogen and oxygen atoms in total. The molecule has 1 aromatic carbocycles. The second-order valence-corrected chi connectivity index (χ2v) is 7.73. The van der Waals surface area contributed by atoms with E-state index in [9.17, 15) is 4.79 Å². The van der Waals surface area contributed by atoms with E-state index in [1.54, 1.807) is 12.5 Å². The standard InChI is InChI=1S/C22H24N6O/c29-22(28-13-4-6-17-5-1-2-8-19(17)28)18-7-3-12-26(15-18)20-9-10-21(25-24-20)27-14-11-23-16-27/h1-2,5,8-11,14,16,18H,3-4,6-7,12-13,15H2. The number of nitrogens with zero attached hydrogens (tertiary/aromatic N) is 6. The number of amides is 1. The van der Waals surface area contributed by atoms with Gasteiger partial charge >= 0.3 is 0 Å². The number of benzene rings is 1. The van der Waals surface area contributed by atoms with Gasteiger partial charge in [0.15, 0.2) is 11.6 Å². The van der Waals surface area contributed by atoms with Crippen LogP contribution in [0.25, 0.3) is 5.82 Å². The van der Waals surface area contributed by atoms with Crippen molar-refractivity contribution in [3.05, 3.63) is 60.7 Å². The first kappa shape index (κ1) is 17.8. The number of carbonyl (C=O) groups excluding carboxylic acids is 1. The van der Waals surface area contributed by atoms with Crippen molar-refractivity contribution in [3.8, 4) is 5.82 Å². The Morgan fingerprint density at radius 3 is 2.69 bits per heavy atom. The van der Waals surface area contributed by atoms with Gasteiger partial charge in [-0.1, -0.05) is 18.2 Å². The van der Waals surface area contributed by atoms with Crippen LogP contribution in [-0.4, -0.2) is 45.3 Å². The quantitative estimate of drug-likeness (QED) is 0.690. The average molecular weight is 388 g/mol. The van der Waals surface area contributed by atoms with Crippen LogP contribution in [0.2, 0.25) is 0 Å². The van der Waals surface area contributed by atoms with Crippen molar-refractivity contribution >= 4 is 17.4 Å². The molecule has 1 unspecified atom stereocenters. The van der Waals surface area contributed by atoms with Crippen LogP contribution in [-0.2, 0) is 11.2 Å². The molecule has 29 heavy (non-hydrogen) atoms. The van der Waals surface area contributed by atoms with E-state index in [1.807, 2.05) is 33.9 Å². The van der Waals surface area contributed by atoms with Crippen molar-refractivity contribution in [2.75, 3.05) is 29.4 Å². The molecular formula is C22H24N6O. The molecule has 0 spiro atoms. The van der Waals surface area contributed by atoms with E-state index in [2.05, 4.69) is 38.3 Å². The summed E-state index contributed by atoms with van der Waals surface area (Å²) in [7, 11) is 0. The highest BCUT2D eigenvalue weighted by Crippen LogP contribution is 2.30. The van der Waals surface area contributed by atoms with Gasteiger partial charge in [0.05, 0.1) is 5.92 Å². The molecule has 0 radical (unpaired) electrons. The number of aromatic nitrogens is 4. The Morgan fingerprint density at radius 1 is 1.00 bits per heavy atom. The van der Waals surface area contributed by atoms with Gasteiger partial charge in [-0.3, -0.25) is 9.36 Å². The van der Waals surface area contributed by atoms with Crippen LogP contribution in [0, 0.1) is 5.92 Å². The number of para-hydroxylation sites is 1. The number of anilines is 2. The molecule has 0 bridgehead atoms. The largest absolute Gasteiger partial charge is 0.354 e. The van der Waals surface area contributed by atoms with Gasteiger partial charge in [-0.15, -0.1) is 10.2 Å². The van der Waals surface area contributed by atoms with E-state index >= 15 is 0 Å². The van der Waals surface area contributed by atoms with Crippen LogP contribution in [0.5, 0.6) is 0 Å². The molecule has 0 aliphatic carbocycles. The van der Waals surface area contributed by atoms with Gasteiger partial charge in [0.2, 0.25) is 5.91 Å². The fourth-order valence-electron chi connectivity index (χ4n) is 4.39. The van der Waals surface area contributed by atoms with Crippen molar-refractivity contribution in [2.24, 2.45) is 5.92 Å². The zero-order valence-corrected chi connectivity index (χ0v) is 16.3. The number of carbonyl (C=O) groups is 1. The number of fused-ring (bicyclic) bond motifs is 1. The summed E-state index contributed by atoms with van der Waals surface area (Å²) in [5.74, 6) is 1.79. The van der Waals surface area contributed by atoms with E-state index in [-0.39, 0.29) is 11.8 Å². The molecule has 0 N–H and O–H groups in total. The Balaban J connectivity index is 1.31. The van der Waals surface area contributed by atoms with E-state index in [1.165, 1.54) is 5.56 Å². The van der Waals surface area contributed by atoms with Crippen molar-refractivity contribution in [2.45, 2.75) is 25.7 Å². The highest BCUT2D eigenvalue weighted by Gasteiger charge is 2.32. The van der Waals surface area contributed by atoms with Gasteiger partial charge in [-0.05, 0) is 49.4 Å². The third kappa shape index (κ3) is 3.48. The van der Waals surface area contributed by atoms with Crippen LogP contribution in [0.4, 0.5) is 11.5 Å². The van der Waals surface area contributed by atoms with Gasteiger partial charge in [0, 0.05) is 37.7 Å². The lowest BCUT2D eigenvalue weighted by molar-refractivity contribution is -0.122. The molecule has 4 heterocycles. The summed E-state index contributed by atoms with van der Waals surface area (Å²) in [6.45, 7) is 2.40. The molecule has 148 valence electrons. The zero-order chi connectivity index (χ0) is 19.6. The van der Waals surface area contributed by atoms with E-state index in [0.29, 0.717) is 6.54 Å². The number of piperidine rings is 1. The summed E-state index contributed by atoms with van der Waals surface area (Å²) in [6, 6.07) is 12.2. The first-order valence-electron chi connectivity index (χ1n) is 10.3. The van der Waals surface area contributed by atoms with Gasteiger partial charge in [0.25, 0.3) is 0 Å². The fourth-order valence-corrected chi connectivity index (χ4v) is 4.39. The van der Waals surface area contributed by atoms with Crippen molar-refractivity contribution < 1.29 is 4.79 Å². The van der Waals surface area contributed by atoms with Gasteiger partial charge < -0.3 is 9.80 Å². The summed E-state index contributed by atoms with van der Waals surface area (Å²) in [5, 5.41) is 8.72. The topological polar surface area (TPSA) is 67.2 Å². The summed E-state index contributed by atoms with van der Waals surface area (Å²) < 4.78 is 1.83. The number of hydrogen-bond acceptors (Lipinski definition) is 5. The molecule has 7 heteroatoms. The Morgan fingerprint density at radius 2 is 1.86 bits per heavy atom. The summed E-state index contributed by atoms with van der Waals surface area (Å²) in [4.78, 5) is 21.6. The van der Waals surface area contributed by atoms with Gasteiger partial charge in [-0.25, -0.2) is 4.98 Å². The maximum Gasteiger partial charge on any atom is 0.231 e. The lowest BCUT2D eigenvalue weighted by Crippen LogP contribution is -2.46. The van der Waals surface area contributed by atoms with Crippen molar-refractivity contribution in [3.63, 3.8) is 0 Å². The van der Waals surface area contributed by atoms with E-state index in [0.717, 1.165) is 56.1 Å². The predicted octanol–water partition coefficient (Wildman–Crippen LogP) is 2.86. The van der Waals surface area contributed by atoms with Crippen LogP contribution >= 0.6 is 0 Å². The van der Waals surface area contributed by atoms with Gasteiger partial charge in [0.1, 0.15) is 6.33 Å². The minimum absolute atomic E-state index is 0.00923. The molecule has 1 saturated heterocycles. The maximum absolute atomic E-state index is 13.4. The Labute approximate surface area is 170 Å². The second-order valence-electron chi connectivity index (χ2n) is 7.73. The lowest BCUT2D eigenvalue weighted by atomic mass is 9.94. The molecule has 1 fully saturated rings. The monoisotopic (exact) mass is 388 g/mol. The highest BCUT2D eigenvalue weighted by molar-refractivity contribution is 5.96. The minimum Gasteiger partial charge on any atom is -0.354 e. The first-order valence-corrected chi connectivity index (χ1v) is 10.3. The summed E-state index contributed by atoms with van der Waals surface area (Å²) >= 11 is 0. The van der Waals surface area contributed by atoms with Crippen LogP contribution in [0.15, 0.2) is 55.1 Å². The molecule has 1 amide bonds. The third-order valence-electron chi connectivity index (χ3n) is 5.88. The van der Waals surface area contributed by atoms with E-state index < -0.39 is 0 Å². The van der Waals surface area contributed by atoms with Crippen LogP contribution < -0.4 is 9.80 Å². The molecule has 2 aliphatic heterocycles. The lowest BCUT2D eigenvalue weighted by Gasteiger charge is -2.37. The molecular weight excluding hydrogens is 364 g/mol.